The largest absolute Gasteiger partial charge is 0.346 e. The highest BCUT2D eigenvalue weighted by atomic mass is 16.2. The number of para-hydroxylation sites is 1. The molecule has 29 heavy (non-hydrogen) atoms. The number of amides is 2. The van der Waals surface area contributed by atoms with Crippen LogP contribution in [0.2, 0.25) is 0 Å². The first-order valence-electron chi connectivity index (χ1n) is 9.92. The van der Waals surface area contributed by atoms with Gasteiger partial charge in [0.25, 0.3) is 0 Å². The van der Waals surface area contributed by atoms with Gasteiger partial charge in [0, 0.05) is 11.7 Å². The molecular weight excluding hydrogens is 360 g/mol. The lowest BCUT2D eigenvalue weighted by molar-refractivity contribution is -0.125. The van der Waals surface area contributed by atoms with Crippen LogP contribution in [-0.4, -0.2) is 24.4 Å². The molecule has 0 aliphatic carbocycles. The molecule has 2 amide bonds. The summed E-state index contributed by atoms with van der Waals surface area (Å²) < 4.78 is 0. The Morgan fingerprint density at radius 3 is 2.07 bits per heavy atom. The Morgan fingerprint density at radius 2 is 1.45 bits per heavy atom. The number of hydrogen-bond acceptors (Lipinski definition) is 2. The van der Waals surface area contributed by atoms with Crippen molar-refractivity contribution in [3.8, 4) is 0 Å². The highest BCUT2D eigenvalue weighted by molar-refractivity contribution is 6.00. The van der Waals surface area contributed by atoms with Gasteiger partial charge in [0.2, 0.25) is 11.8 Å². The SMILES string of the molecule is CC1Cc2ccccc2N1C(=O)CNC(=O)C(c1ccccc1)c1ccccc1. The Kier molecular flexibility index (Phi) is 5.43. The Morgan fingerprint density at radius 1 is 0.897 bits per heavy atom. The maximum Gasteiger partial charge on any atom is 0.246 e. The van der Waals surface area contributed by atoms with Crippen LogP contribution < -0.4 is 10.2 Å². The number of benzene rings is 3. The zero-order chi connectivity index (χ0) is 20.2. The van der Waals surface area contributed by atoms with Crippen molar-refractivity contribution in [1.82, 2.24) is 5.32 Å². The molecule has 1 aliphatic heterocycles. The van der Waals surface area contributed by atoms with Crippen molar-refractivity contribution in [2.45, 2.75) is 25.3 Å². The third-order valence-corrected chi connectivity index (χ3v) is 5.42. The van der Waals surface area contributed by atoms with E-state index in [0.717, 1.165) is 23.2 Å². The van der Waals surface area contributed by atoms with Crippen LogP contribution in [0.15, 0.2) is 84.9 Å². The van der Waals surface area contributed by atoms with E-state index in [9.17, 15) is 9.59 Å². The summed E-state index contributed by atoms with van der Waals surface area (Å²) in [6.07, 6.45) is 0.840. The second-order valence-corrected chi connectivity index (χ2v) is 7.42. The molecule has 0 aromatic heterocycles. The quantitative estimate of drug-likeness (QED) is 0.725. The zero-order valence-electron chi connectivity index (χ0n) is 16.4. The lowest BCUT2D eigenvalue weighted by Gasteiger charge is -2.24. The van der Waals surface area contributed by atoms with Gasteiger partial charge in [-0.15, -0.1) is 0 Å². The van der Waals surface area contributed by atoms with Gasteiger partial charge < -0.3 is 10.2 Å². The fourth-order valence-electron chi connectivity index (χ4n) is 4.08. The van der Waals surface area contributed by atoms with E-state index in [-0.39, 0.29) is 24.4 Å². The number of fused-ring (bicyclic) bond motifs is 1. The molecule has 0 fully saturated rings. The summed E-state index contributed by atoms with van der Waals surface area (Å²) in [5.74, 6) is -0.708. The standard InChI is InChI=1S/C25H24N2O2/c1-18-16-21-14-8-9-15-22(21)27(18)23(28)17-26-25(29)24(19-10-4-2-5-11-19)20-12-6-3-7-13-20/h2-15,18,24H,16-17H2,1H3,(H,26,29). The average Bonchev–Trinajstić information content (AvgIpc) is 3.09. The van der Waals surface area contributed by atoms with Crippen LogP contribution in [0.1, 0.15) is 29.5 Å². The van der Waals surface area contributed by atoms with E-state index in [4.69, 9.17) is 0 Å². The van der Waals surface area contributed by atoms with E-state index < -0.39 is 5.92 Å². The first kappa shape index (κ1) is 18.9. The second kappa shape index (κ2) is 8.31. The summed E-state index contributed by atoms with van der Waals surface area (Å²) in [4.78, 5) is 27.8. The van der Waals surface area contributed by atoms with Gasteiger partial charge in [-0.25, -0.2) is 0 Å². The summed E-state index contributed by atoms with van der Waals surface area (Å²) >= 11 is 0. The minimum Gasteiger partial charge on any atom is -0.346 e. The van der Waals surface area contributed by atoms with Crippen LogP contribution in [0, 0.1) is 0 Å². The summed E-state index contributed by atoms with van der Waals surface area (Å²) in [5, 5.41) is 2.88. The molecule has 1 atom stereocenters. The molecule has 0 saturated heterocycles. The van der Waals surface area contributed by atoms with Crippen molar-refractivity contribution >= 4 is 17.5 Å². The van der Waals surface area contributed by atoms with Gasteiger partial charge in [0.1, 0.15) is 0 Å². The average molecular weight is 384 g/mol. The first-order chi connectivity index (χ1) is 14.1. The van der Waals surface area contributed by atoms with Crippen molar-refractivity contribution < 1.29 is 9.59 Å². The third kappa shape index (κ3) is 3.92. The minimum absolute atomic E-state index is 0.0202. The Labute approximate surface area is 171 Å². The van der Waals surface area contributed by atoms with Gasteiger partial charge in [-0.05, 0) is 36.1 Å². The monoisotopic (exact) mass is 384 g/mol. The lowest BCUT2D eigenvalue weighted by Crippen LogP contribution is -2.44. The fourth-order valence-corrected chi connectivity index (χ4v) is 4.08. The summed E-state index contributed by atoms with van der Waals surface area (Å²) in [5.41, 5.74) is 3.93. The topological polar surface area (TPSA) is 49.4 Å². The molecule has 3 aromatic rings. The molecule has 0 bridgehead atoms. The highest BCUT2D eigenvalue weighted by Gasteiger charge is 2.31. The van der Waals surface area contributed by atoms with Crippen LogP contribution in [-0.2, 0) is 16.0 Å². The van der Waals surface area contributed by atoms with Gasteiger partial charge in [0.15, 0.2) is 0 Å². The van der Waals surface area contributed by atoms with E-state index in [1.165, 1.54) is 5.56 Å². The molecule has 4 heteroatoms. The lowest BCUT2D eigenvalue weighted by atomic mass is 9.90. The Hall–Kier alpha value is -3.40. The van der Waals surface area contributed by atoms with Crippen LogP contribution in [0.3, 0.4) is 0 Å². The van der Waals surface area contributed by atoms with Crippen molar-refractivity contribution in [1.29, 1.82) is 0 Å². The molecule has 146 valence electrons. The number of carbonyl (C=O) groups is 2. The number of nitrogens with one attached hydrogen (secondary N) is 1. The predicted molar refractivity (Wildman–Crippen MR) is 115 cm³/mol. The molecule has 3 aromatic carbocycles. The first-order valence-corrected chi connectivity index (χ1v) is 9.92. The summed E-state index contributed by atoms with van der Waals surface area (Å²) in [6.45, 7) is 2.02. The van der Waals surface area contributed by atoms with E-state index >= 15 is 0 Å². The normalized spacial score (nSPS) is 15.2. The third-order valence-electron chi connectivity index (χ3n) is 5.42. The van der Waals surface area contributed by atoms with Crippen LogP contribution in [0.5, 0.6) is 0 Å². The smallest absolute Gasteiger partial charge is 0.246 e. The summed E-state index contributed by atoms with van der Waals surface area (Å²) in [6, 6.07) is 27.4. The minimum atomic E-state index is -0.450. The van der Waals surface area contributed by atoms with Crippen molar-refractivity contribution in [2.75, 3.05) is 11.4 Å². The molecule has 1 N–H and O–H groups in total. The van der Waals surface area contributed by atoms with Crippen LogP contribution in [0.4, 0.5) is 5.69 Å². The van der Waals surface area contributed by atoms with Crippen LogP contribution in [0.25, 0.3) is 0 Å². The Balaban J connectivity index is 1.51. The van der Waals surface area contributed by atoms with Gasteiger partial charge in [-0.2, -0.15) is 0 Å². The van der Waals surface area contributed by atoms with Gasteiger partial charge in [-0.3, -0.25) is 9.59 Å². The summed E-state index contributed by atoms with van der Waals surface area (Å²) in [7, 11) is 0. The molecule has 4 rings (SSSR count). The van der Waals surface area contributed by atoms with E-state index in [0.29, 0.717) is 0 Å². The molecule has 4 nitrogen and oxygen atoms in total. The molecule has 0 saturated carbocycles. The van der Waals surface area contributed by atoms with Gasteiger partial charge in [-0.1, -0.05) is 78.9 Å². The van der Waals surface area contributed by atoms with Crippen LogP contribution >= 0.6 is 0 Å². The maximum absolute atomic E-state index is 13.1. The molecule has 0 radical (unpaired) electrons. The number of anilines is 1. The highest BCUT2D eigenvalue weighted by Crippen LogP contribution is 2.31. The number of hydrogen-bond donors (Lipinski definition) is 1. The number of rotatable bonds is 5. The Bertz CT molecular complexity index is 962. The molecule has 0 spiro atoms. The molecule has 1 heterocycles. The van der Waals surface area contributed by atoms with Crippen molar-refractivity contribution in [2.24, 2.45) is 0 Å². The molecule has 1 aliphatic rings. The van der Waals surface area contributed by atoms with Crippen molar-refractivity contribution in [3.63, 3.8) is 0 Å². The van der Waals surface area contributed by atoms with E-state index in [1.807, 2.05) is 85.8 Å². The van der Waals surface area contributed by atoms with Gasteiger partial charge in [0.05, 0.1) is 12.5 Å². The fraction of sp³-hybridized carbons (Fsp3) is 0.200. The predicted octanol–water partition coefficient (Wildman–Crippen LogP) is 3.91. The van der Waals surface area contributed by atoms with E-state index in [2.05, 4.69) is 11.4 Å². The van der Waals surface area contributed by atoms with Crippen molar-refractivity contribution in [3.05, 3.63) is 102 Å². The zero-order valence-corrected chi connectivity index (χ0v) is 16.4. The van der Waals surface area contributed by atoms with E-state index in [1.54, 1.807) is 4.90 Å². The number of nitrogens with zero attached hydrogens (tertiary/aromatic N) is 1. The molecular formula is C25H24N2O2. The van der Waals surface area contributed by atoms with Gasteiger partial charge >= 0.3 is 0 Å². The second-order valence-electron chi connectivity index (χ2n) is 7.42. The number of carbonyl (C=O) groups excluding carboxylic acids is 2. The maximum atomic E-state index is 13.1. The molecule has 1 unspecified atom stereocenters.